The Labute approximate surface area is 133 Å². The molecular weight excluding hydrogens is 304 g/mol. The molecule has 0 radical (unpaired) electrons. The predicted octanol–water partition coefficient (Wildman–Crippen LogP) is 4.50. The highest BCUT2D eigenvalue weighted by molar-refractivity contribution is 7.16. The molecule has 0 spiro atoms. The van der Waals surface area contributed by atoms with Crippen LogP contribution in [0.25, 0.3) is 0 Å². The van der Waals surface area contributed by atoms with Gasteiger partial charge in [0.15, 0.2) is 0 Å². The summed E-state index contributed by atoms with van der Waals surface area (Å²) in [6.07, 6.45) is 5.51. The van der Waals surface area contributed by atoms with Crippen molar-refractivity contribution in [3.05, 3.63) is 45.3 Å². The van der Waals surface area contributed by atoms with Crippen LogP contribution in [0.3, 0.4) is 0 Å². The molecule has 0 saturated carbocycles. The smallest absolute Gasteiger partial charge is 0.258 e. The SMILES string of the molecule is Nc1sc2c(c1C(=O)Nc1cccc(Cl)c1)CCCCC2. The van der Waals surface area contributed by atoms with Crippen LogP contribution in [0, 0.1) is 0 Å². The monoisotopic (exact) mass is 320 g/mol. The quantitative estimate of drug-likeness (QED) is 0.800. The summed E-state index contributed by atoms with van der Waals surface area (Å²) in [6.45, 7) is 0. The van der Waals surface area contributed by atoms with Gasteiger partial charge < -0.3 is 11.1 Å². The zero-order valence-corrected chi connectivity index (χ0v) is 13.2. The van der Waals surface area contributed by atoms with E-state index in [1.807, 2.05) is 12.1 Å². The minimum absolute atomic E-state index is 0.130. The molecule has 0 saturated heterocycles. The number of carbonyl (C=O) groups is 1. The van der Waals surface area contributed by atoms with Crippen LogP contribution in [-0.4, -0.2) is 5.91 Å². The van der Waals surface area contributed by atoms with Crippen molar-refractivity contribution < 1.29 is 4.79 Å². The molecule has 3 rings (SSSR count). The number of fused-ring (bicyclic) bond motifs is 1. The first kappa shape index (κ1) is 14.4. The van der Waals surface area contributed by atoms with Crippen molar-refractivity contribution in [2.75, 3.05) is 11.1 Å². The van der Waals surface area contributed by atoms with Gasteiger partial charge in [0.25, 0.3) is 5.91 Å². The molecule has 21 heavy (non-hydrogen) atoms. The third-order valence-corrected chi connectivity index (χ3v) is 5.11. The van der Waals surface area contributed by atoms with Gasteiger partial charge in [0.05, 0.1) is 10.6 Å². The van der Waals surface area contributed by atoms with Crippen LogP contribution in [0.4, 0.5) is 10.7 Å². The third-order valence-electron chi connectivity index (χ3n) is 3.76. The molecule has 5 heteroatoms. The summed E-state index contributed by atoms with van der Waals surface area (Å²) >= 11 is 7.51. The van der Waals surface area contributed by atoms with Gasteiger partial charge in [0.2, 0.25) is 0 Å². The molecule has 3 nitrogen and oxygen atoms in total. The van der Waals surface area contributed by atoms with Gasteiger partial charge in [-0.1, -0.05) is 24.1 Å². The number of rotatable bonds is 2. The van der Waals surface area contributed by atoms with Crippen molar-refractivity contribution in [3.8, 4) is 0 Å². The molecule has 0 aliphatic heterocycles. The highest BCUT2D eigenvalue weighted by Crippen LogP contribution is 2.36. The van der Waals surface area contributed by atoms with E-state index < -0.39 is 0 Å². The second kappa shape index (κ2) is 6.08. The fourth-order valence-corrected chi connectivity index (χ4v) is 4.12. The van der Waals surface area contributed by atoms with Crippen LogP contribution in [-0.2, 0) is 12.8 Å². The van der Waals surface area contributed by atoms with Crippen molar-refractivity contribution in [2.24, 2.45) is 0 Å². The summed E-state index contributed by atoms with van der Waals surface area (Å²) in [4.78, 5) is 13.8. The number of aryl methyl sites for hydroxylation is 1. The molecule has 1 aliphatic carbocycles. The van der Waals surface area contributed by atoms with E-state index in [4.69, 9.17) is 17.3 Å². The molecule has 3 N–H and O–H groups in total. The van der Waals surface area contributed by atoms with Gasteiger partial charge in [-0.15, -0.1) is 11.3 Å². The molecule has 0 fully saturated rings. The Morgan fingerprint density at radius 2 is 2.05 bits per heavy atom. The van der Waals surface area contributed by atoms with E-state index in [2.05, 4.69) is 5.32 Å². The van der Waals surface area contributed by atoms with Crippen LogP contribution in [0.15, 0.2) is 24.3 Å². The first-order valence-electron chi connectivity index (χ1n) is 7.12. The predicted molar refractivity (Wildman–Crippen MR) is 89.4 cm³/mol. The van der Waals surface area contributed by atoms with Crippen molar-refractivity contribution in [1.82, 2.24) is 0 Å². The zero-order valence-electron chi connectivity index (χ0n) is 11.6. The van der Waals surface area contributed by atoms with Crippen molar-refractivity contribution in [1.29, 1.82) is 0 Å². The number of carbonyl (C=O) groups excluding carboxylic acids is 1. The van der Waals surface area contributed by atoms with Crippen molar-refractivity contribution in [2.45, 2.75) is 32.1 Å². The van der Waals surface area contributed by atoms with Crippen molar-refractivity contribution in [3.63, 3.8) is 0 Å². The topological polar surface area (TPSA) is 55.1 Å². The lowest BCUT2D eigenvalue weighted by Crippen LogP contribution is -2.14. The van der Waals surface area contributed by atoms with E-state index in [1.54, 1.807) is 23.5 Å². The minimum atomic E-state index is -0.130. The fraction of sp³-hybridized carbons (Fsp3) is 0.312. The molecule has 1 aliphatic rings. The maximum Gasteiger partial charge on any atom is 0.258 e. The van der Waals surface area contributed by atoms with Crippen LogP contribution < -0.4 is 11.1 Å². The second-order valence-electron chi connectivity index (χ2n) is 5.27. The van der Waals surface area contributed by atoms with Crippen LogP contribution in [0.5, 0.6) is 0 Å². The van der Waals surface area contributed by atoms with E-state index in [0.29, 0.717) is 21.3 Å². The number of amides is 1. The van der Waals surface area contributed by atoms with Gasteiger partial charge in [-0.3, -0.25) is 4.79 Å². The average Bonchev–Trinajstić information content (AvgIpc) is 2.59. The zero-order chi connectivity index (χ0) is 14.8. The summed E-state index contributed by atoms with van der Waals surface area (Å²) < 4.78 is 0. The maximum absolute atomic E-state index is 12.6. The third kappa shape index (κ3) is 3.06. The van der Waals surface area contributed by atoms with E-state index >= 15 is 0 Å². The lowest BCUT2D eigenvalue weighted by atomic mass is 10.0. The van der Waals surface area contributed by atoms with Gasteiger partial charge in [-0.2, -0.15) is 0 Å². The number of halogens is 1. The van der Waals surface area contributed by atoms with Gasteiger partial charge in [-0.05, 0) is 49.4 Å². The molecule has 0 bridgehead atoms. The molecule has 2 aromatic rings. The second-order valence-corrected chi connectivity index (χ2v) is 6.84. The summed E-state index contributed by atoms with van der Waals surface area (Å²) in [7, 11) is 0. The Balaban J connectivity index is 1.89. The maximum atomic E-state index is 12.6. The normalized spacial score (nSPS) is 14.3. The van der Waals surface area contributed by atoms with Gasteiger partial charge in [-0.25, -0.2) is 0 Å². The highest BCUT2D eigenvalue weighted by Gasteiger charge is 2.23. The molecule has 0 unspecified atom stereocenters. The van der Waals surface area contributed by atoms with Crippen molar-refractivity contribution >= 4 is 39.5 Å². The molecule has 1 aromatic carbocycles. The summed E-state index contributed by atoms with van der Waals surface area (Å²) in [5.41, 5.74) is 8.59. The number of anilines is 2. The largest absolute Gasteiger partial charge is 0.390 e. The Morgan fingerprint density at radius 1 is 1.24 bits per heavy atom. The number of hydrogen-bond acceptors (Lipinski definition) is 3. The fourth-order valence-electron chi connectivity index (χ4n) is 2.77. The van der Waals surface area contributed by atoms with Crippen LogP contribution >= 0.6 is 22.9 Å². The van der Waals surface area contributed by atoms with Crippen LogP contribution in [0.2, 0.25) is 5.02 Å². The molecule has 0 atom stereocenters. The highest BCUT2D eigenvalue weighted by atomic mass is 35.5. The van der Waals surface area contributed by atoms with E-state index in [0.717, 1.165) is 24.8 Å². The Hall–Kier alpha value is -1.52. The van der Waals surface area contributed by atoms with E-state index in [-0.39, 0.29) is 5.91 Å². The Morgan fingerprint density at radius 3 is 2.86 bits per heavy atom. The molecule has 110 valence electrons. The first-order valence-corrected chi connectivity index (χ1v) is 8.31. The van der Waals surface area contributed by atoms with Gasteiger partial charge in [0.1, 0.15) is 0 Å². The van der Waals surface area contributed by atoms with Crippen LogP contribution in [0.1, 0.15) is 40.1 Å². The first-order chi connectivity index (χ1) is 10.1. The number of benzene rings is 1. The average molecular weight is 321 g/mol. The Kier molecular flexibility index (Phi) is 4.17. The number of hydrogen-bond donors (Lipinski definition) is 2. The lowest BCUT2D eigenvalue weighted by Gasteiger charge is -2.08. The van der Waals surface area contributed by atoms with E-state index in [1.165, 1.54) is 17.7 Å². The summed E-state index contributed by atoms with van der Waals surface area (Å²) in [5.74, 6) is -0.130. The Bertz CT molecular complexity index is 681. The van der Waals surface area contributed by atoms with E-state index in [9.17, 15) is 4.79 Å². The molecule has 1 amide bonds. The number of nitrogens with two attached hydrogens (primary N) is 1. The molecule has 1 heterocycles. The summed E-state index contributed by atoms with van der Waals surface area (Å²) in [5, 5.41) is 4.13. The molecule has 1 aromatic heterocycles. The summed E-state index contributed by atoms with van der Waals surface area (Å²) in [6, 6.07) is 7.16. The van der Waals surface area contributed by atoms with Gasteiger partial charge in [0, 0.05) is 15.6 Å². The molecular formula is C16H17ClN2OS. The lowest BCUT2D eigenvalue weighted by molar-refractivity contribution is 0.102. The number of nitrogen functional groups attached to an aromatic ring is 1. The van der Waals surface area contributed by atoms with Gasteiger partial charge >= 0.3 is 0 Å². The minimum Gasteiger partial charge on any atom is -0.390 e. The number of thiophene rings is 1. The number of nitrogens with one attached hydrogen (secondary N) is 1. The standard InChI is InChI=1S/C16H17ClN2OS/c17-10-5-4-6-11(9-10)19-16(20)14-12-7-2-1-3-8-13(12)21-15(14)18/h4-6,9H,1-3,7-8,18H2,(H,19,20).